The lowest BCUT2D eigenvalue weighted by Crippen LogP contribution is -2.47. The molecule has 6 nitrogen and oxygen atoms in total. The molecular weight excluding hydrogens is 574 g/mol. The normalized spacial score (nSPS) is 18.5. The molecule has 0 saturated carbocycles. The fourth-order valence-electron chi connectivity index (χ4n) is 3.69. The minimum absolute atomic E-state index is 0.156. The third-order valence-electron chi connectivity index (χ3n) is 5.22. The van der Waals surface area contributed by atoms with Gasteiger partial charge in [0.25, 0.3) is 15.9 Å². The van der Waals surface area contributed by atoms with Gasteiger partial charge < -0.3 is 4.57 Å². The number of hydrogen-bond donors (Lipinski definition) is 0. The van der Waals surface area contributed by atoms with Crippen LogP contribution in [0.4, 0.5) is 0 Å². The summed E-state index contributed by atoms with van der Waals surface area (Å²) in [5.74, 6) is 0.464. The van der Waals surface area contributed by atoms with E-state index in [0.29, 0.717) is 28.5 Å². The maximum absolute atomic E-state index is 13.3. The number of sulfonamides is 1. The van der Waals surface area contributed by atoms with E-state index in [0.717, 1.165) is 44.7 Å². The highest BCUT2D eigenvalue weighted by atomic mass is 79.9. The number of amides is 1. The van der Waals surface area contributed by atoms with Gasteiger partial charge in [0, 0.05) is 23.3 Å². The predicted molar refractivity (Wildman–Crippen MR) is 137 cm³/mol. The summed E-state index contributed by atoms with van der Waals surface area (Å²) < 4.78 is 32.3. The van der Waals surface area contributed by atoms with Gasteiger partial charge >= 0.3 is 0 Å². The first-order valence-electron chi connectivity index (χ1n) is 9.95. The van der Waals surface area contributed by atoms with E-state index in [1.54, 1.807) is 17.8 Å². The summed E-state index contributed by atoms with van der Waals surface area (Å²) in [5, 5.41) is 0. The quantitative estimate of drug-likeness (QED) is 0.393. The first-order valence-corrected chi connectivity index (χ1v) is 15.6. The minimum Gasteiger partial charge on any atom is -0.316 e. The number of aryl methyl sites for hydroxylation is 1. The molecule has 4 rings (SSSR count). The third-order valence-corrected chi connectivity index (χ3v) is 11.0. The van der Waals surface area contributed by atoms with Gasteiger partial charge in [0.15, 0.2) is 4.80 Å². The summed E-state index contributed by atoms with van der Waals surface area (Å²) in [6.45, 7) is 1.02. The lowest BCUT2D eigenvalue weighted by Gasteiger charge is -2.31. The van der Waals surface area contributed by atoms with Gasteiger partial charge in [-0.3, -0.25) is 4.79 Å². The average Bonchev–Trinajstić information content (AvgIpc) is 3.35. The van der Waals surface area contributed by atoms with Crippen LogP contribution < -0.4 is 4.80 Å². The maximum atomic E-state index is 13.3. The number of nitrogens with zero attached hydrogens (tertiary/aromatic N) is 3. The maximum Gasteiger partial charge on any atom is 0.266 e. The monoisotopic (exact) mass is 593 g/mol. The van der Waals surface area contributed by atoms with Gasteiger partial charge in [-0.1, -0.05) is 45.3 Å². The smallest absolute Gasteiger partial charge is 0.266 e. The zero-order valence-electron chi connectivity index (χ0n) is 17.2. The van der Waals surface area contributed by atoms with Crippen LogP contribution in [0.1, 0.15) is 19.3 Å². The van der Waals surface area contributed by atoms with Gasteiger partial charge in [-0.05, 0) is 49.4 Å². The molecule has 3 heterocycles. The summed E-state index contributed by atoms with van der Waals surface area (Å²) >= 11 is 13.6. The second kappa shape index (κ2) is 10.3. The standard InChI is InChI=1S/C20H21BrClN3O3S4/c1-29-11-10-24-14-6-5-13(21)12-16(14)30-20(24)23-19(26)15-4-2-3-9-25(15)32(27,28)18-8-7-17(22)31-18/h5-8,12,15H,2-4,9-11H2,1H3. The Balaban J connectivity index is 1.73. The highest BCUT2D eigenvalue weighted by Gasteiger charge is 2.38. The number of hydrogen-bond acceptors (Lipinski definition) is 6. The summed E-state index contributed by atoms with van der Waals surface area (Å²) in [6.07, 6.45) is 4.00. The molecule has 0 aliphatic carbocycles. The second-order valence-electron chi connectivity index (χ2n) is 7.28. The zero-order valence-corrected chi connectivity index (χ0v) is 22.8. The lowest BCUT2D eigenvalue weighted by atomic mass is 10.0. The Morgan fingerprint density at radius 1 is 1.28 bits per heavy atom. The molecule has 1 aromatic carbocycles. The van der Waals surface area contributed by atoms with Crippen LogP contribution in [0.5, 0.6) is 0 Å². The van der Waals surface area contributed by atoms with Crippen molar-refractivity contribution in [1.29, 1.82) is 0 Å². The molecule has 1 unspecified atom stereocenters. The van der Waals surface area contributed by atoms with Crippen LogP contribution in [0.3, 0.4) is 0 Å². The van der Waals surface area contributed by atoms with Gasteiger partial charge in [0.1, 0.15) is 10.3 Å². The van der Waals surface area contributed by atoms with E-state index in [2.05, 4.69) is 20.9 Å². The molecule has 0 bridgehead atoms. The van der Waals surface area contributed by atoms with E-state index in [-0.39, 0.29) is 4.21 Å². The summed E-state index contributed by atoms with van der Waals surface area (Å²) in [6, 6.07) is 8.25. The first kappa shape index (κ1) is 24.4. The Kier molecular flexibility index (Phi) is 7.86. The molecule has 32 heavy (non-hydrogen) atoms. The van der Waals surface area contributed by atoms with Crippen LogP contribution in [-0.2, 0) is 21.4 Å². The van der Waals surface area contributed by atoms with E-state index in [4.69, 9.17) is 11.6 Å². The van der Waals surface area contributed by atoms with Gasteiger partial charge in [0.05, 0.1) is 14.6 Å². The Labute approximate surface area is 212 Å². The number of thioether (sulfide) groups is 1. The minimum atomic E-state index is -3.81. The van der Waals surface area contributed by atoms with Crippen LogP contribution in [0.25, 0.3) is 10.2 Å². The average molecular weight is 595 g/mol. The van der Waals surface area contributed by atoms with Crippen molar-refractivity contribution < 1.29 is 13.2 Å². The summed E-state index contributed by atoms with van der Waals surface area (Å²) in [5.41, 5.74) is 1.01. The van der Waals surface area contributed by atoms with Crippen molar-refractivity contribution in [1.82, 2.24) is 8.87 Å². The Hall–Kier alpha value is -0.690. The topological polar surface area (TPSA) is 71.7 Å². The lowest BCUT2D eigenvalue weighted by molar-refractivity contribution is -0.122. The van der Waals surface area contributed by atoms with Crippen molar-refractivity contribution in [3.63, 3.8) is 0 Å². The number of carbonyl (C=O) groups is 1. The molecule has 2 aromatic heterocycles. The van der Waals surface area contributed by atoms with E-state index in [9.17, 15) is 13.2 Å². The van der Waals surface area contributed by atoms with E-state index >= 15 is 0 Å². The number of halogens is 2. The van der Waals surface area contributed by atoms with Crippen molar-refractivity contribution in [2.75, 3.05) is 18.6 Å². The third kappa shape index (κ3) is 5.03. The van der Waals surface area contributed by atoms with Crippen molar-refractivity contribution in [3.8, 4) is 0 Å². The summed E-state index contributed by atoms with van der Waals surface area (Å²) in [7, 11) is -3.81. The molecule has 172 valence electrons. The number of thiazole rings is 1. The van der Waals surface area contributed by atoms with Crippen LogP contribution in [0.15, 0.2) is 44.0 Å². The molecule has 0 spiro atoms. The Morgan fingerprint density at radius 2 is 2.09 bits per heavy atom. The number of aromatic nitrogens is 1. The van der Waals surface area contributed by atoms with Gasteiger partial charge in [-0.25, -0.2) is 8.42 Å². The Morgan fingerprint density at radius 3 is 2.81 bits per heavy atom. The van der Waals surface area contributed by atoms with Crippen LogP contribution in [0, 0.1) is 0 Å². The fraction of sp³-hybridized carbons (Fsp3) is 0.400. The van der Waals surface area contributed by atoms with E-state index in [1.165, 1.54) is 21.7 Å². The number of thiophene rings is 1. The highest BCUT2D eigenvalue weighted by Crippen LogP contribution is 2.32. The van der Waals surface area contributed by atoms with E-state index in [1.807, 2.05) is 29.0 Å². The van der Waals surface area contributed by atoms with Crippen LogP contribution in [0.2, 0.25) is 4.34 Å². The SMILES string of the molecule is CSCCn1c(=NC(=O)C2CCCCN2S(=O)(=O)c2ccc(Cl)s2)sc2cc(Br)ccc21. The zero-order chi connectivity index (χ0) is 22.9. The highest BCUT2D eigenvalue weighted by molar-refractivity contribution is 9.10. The van der Waals surface area contributed by atoms with Crippen molar-refractivity contribution in [3.05, 3.63) is 43.9 Å². The molecule has 1 aliphatic rings. The van der Waals surface area contributed by atoms with E-state index < -0.39 is 22.0 Å². The number of piperidine rings is 1. The van der Waals surface area contributed by atoms with Gasteiger partial charge in [-0.15, -0.1) is 11.3 Å². The number of carbonyl (C=O) groups excluding carboxylic acids is 1. The first-order chi connectivity index (χ1) is 15.3. The molecule has 1 aliphatic heterocycles. The number of fused-ring (bicyclic) bond motifs is 1. The van der Waals surface area contributed by atoms with Crippen molar-refractivity contribution >= 4 is 88.1 Å². The van der Waals surface area contributed by atoms with Gasteiger partial charge in [-0.2, -0.15) is 21.1 Å². The van der Waals surface area contributed by atoms with Gasteiger partial charge in [0.2, 0.25) is 0 Å². The second-order valence-corrected chi connectivity index (χ2v) is 14.0. The number of rotatable bonds is 6. The molecule has 0 N–H and O–H groups in total. The molecule has 1 atom stereocenters. The predicted octanol–water partition coefficient (Wildman–Crippen LogP) is 5.21. The molecular formula is C20H21BrClN3O3S4. The molecule has 1 amide bonds. The fourth-order valence-corrected chi connectivity index (χ4v) is 8.93. The molecule has 1 saturated heterocycles. The van der Waals surface area contributed by atoms with Crippen LogP contribution >= 0.6 is 62.0 Å². The molecule has 3 aromatic rings. The van der Waals surface area contributed by atoms with Crippen molar-refractivity contribution in [2.45, 2.75) is 36.1 Å². The van der Waals surface area contributed by atoms with Crippen molar-refractivity contribution in [2.24, 2.45) is 4.99 Å². The molecule has 12 heteroatoms. The largest absolute Gasteiger partial charge is 0.316 e. The number of benzene rings is 1. The summed E-state index contributed by atoms with van der Waals surface area (Å²) in [4.78, 5) is 18.4. The Bertz CT molecular complexity index is 1320. The molecule has 1 fully saturated rings. The van der Waals surface area contributed by atoms with Crippen LogP contribution in [-0.4, -0.2) is 47.8 Å². The molecule has 0 radical (unpaired) electrons.